The van der Waals surface area contributed by atoms with E-state index >= 15 is 0 Å². The fraction of sp³-hybridized carbons (Fsp3) is 0.417. The number of hydrogen-bond donors (Lipinski definition) is 1. The Morgan fingerprint density at radius 3 is 2.64 bits per heavy atom. The van der Waals surface area contributed by atoms with Crippen LogP contribution >= 0.6 is 0 Å². The van der Waals surface area contributed by atoms with Crippen molar-refractivity contribution < 1.29 is 4.79 Å². The summed E-state index contributed by atoms with van der Waals surface area (Å²) in [6.45, 7) is 3.95. The van der Waals surface area contributed by atoms with Gasteiger partial charge in [0.25, 0.3) is 0 Å². The summed E-state index contributed by atoms with van der Waals surface area (Å²) >= 11 is 0. The first-order valence-electron chi connectivity index (χ1n) is 5.00. The van der Waals surface area contributed by atoms with E-state index in [9.17, 15) is 4.79 Å². The van der Waals surface area contributed by atoms with Gasteiger partial charge in [0.05, 0.1) is 6.04 Å². The summed E-state index contributed by atoms with van der Waals surface area (Å²) < 4.78 is 0. The zero-order valence-corrected chi connectivity index (χ0v) is 9.00. The molecule has 0 bridgehead atoms. The third-order valence-corrected chi connectivity index (χ3v) is 2.49. The van der Waals surface area contributed by atoms with Crippen LogP contribution in [0.5, 0.6) is 0 Å². The molecule has 1 aromatic carbocycles. The second-order valence-electron chi connectivity index (χ2n) is 3.39. The lowest BCUT2D eigenvalue weighted by Crippen LogP contribution is -2.31. The van der Waals surface area contributed by atoms with E-state index in [-0.39, 0.29) is 11.8 Å². The number of likely N-dealkylation sites (N-methyl/N-ethyl adjacent to an activating group) is 1. The summed E-state index contributed by atoms with van der Waals surface area (Å²) in [6, 6.07) is 7.68. The monoisotopic (exact) mass is 191 g/mol. The van der Waals surface area contributed by atoms with Gasteiger partial charge in [-0.05, 0) is 26.0 Å². The minimum absolute atomic E-state index is 0.109. The highest BCUT2D eigenvalue weighted by atomic mass is 16.1. The van der Waals surface area contributed by atoms with Gasteiger partial charge in [0, 0.05) is 5.56 Å². The van der Waals surface area contributed by atoms with Crippen LogP contribution in [0.4, 0.5) is 0 Å². The highest BCUT2D eigenvalue weighted by Gasteiger charge is 2.15. The Kier molecular flexibility index (Phi) is 3.84. The molecular formula is C12H17NO. The van der Waals surface area contributed by atoms with Crippen molar-refractivity contribution in [3.8, 4) is 0 Å². The minimum atomic E-state index is -0.109. The van der Waals surface area contributed by atoms with E-state index in [1.54, 1.807) is 7.05 Å². The van der Waals surface area contributed by atoms with E-state index in [0.29, 0.717) is 0 Å². The molecule has 14 heavy (non-hydrogen) atoms. The third kappa shape index (κ3) is 2.20. The molecule has 1 N–H and O–H groups in total. The largest absolute Gasteiger partial charge is 0.310 e. The van der Waals surface area contributed by atoms with Crippen LogP contribution in [-0.2, 0) is 6.42 Å². The van der Waals surface area contributed by atoms with Crippen LogP contribution in [0.15, 0.2) is 24.3 Å². The molecule has 0 radical (unpaired) electrons. The van der Waals surface area contributed by atoms with Gasteiger partial charge in [-0.15, -0.1) is 0 Å². The number of carbonyl (C=O) groups is 1. The topological polar surface area (TPSA) is 29.1 Å². The summed E-state index contributed by atoms with van der Waals surface area (Å²) in [5.41, 5.74) is 1.97. The molecule has 76 valence electrons. The van der Waals surface area contributed by atoms with Gasteiger partial charge in [-0.3, -0.25) is 4.79 Å². The van der Waals surface area contributed by atoms with Crippen LogP contribution in [-0.4, -0.2) is 18.9 Å². The summed E-state index contributed by atoms with van der Waals surface area (Å²) in [5.74, 6) is 0.171. The lowest BCUT2D eigenvalue weighted by molar-refractivity contribution is 0.0954. The number of rotatable bonds is 4. The fourth-order valence-corrected chi connectivity index (χ4v) is 1.43. The Balaban J connectivity index is 3.00. The molecule has 1 atom stereocenters. The maximum Gasteiger partial charge on any atom is 0.179 e. The quantitative estimate of drug-likeness (QED) is 0.738. The number of aryl methyl sites for hydroxylation is 1. The molecule has 0 fully saturated rings. The first-order valence-corrected chi connectivity index (χ1v) is 5.00. The van der Waals surface area contributed by atoms with Crippen molar-refractivity contribution in [2.45, 2.75) is 26.3 Å². The van der Waals surface area contributed by atoms with Gasteiger partial charge in [-0.25, -0.2) is 0 Å². The summed E-state index contributed by atoms with van der Waals surface area (Å²) in [4.78, 5) is 11.9. The molecule has 0 aromatic heterocycles. The van der Waals surface area contributed by atoms with Gasteiger partial charge in [0.2, 0.25) is 0 Å². The highest BCUT2D eigenvalue weighted by Crippen LogP contribution is 2.11. The summed E-state index contributed by atoms with van der Waals surface area (Å²) in [5, 5.41) is 2.96. The van der Waals surface area contributed by atoms with Crippen molar-refractivity contribution >= 4 is 5.78 Å². The second kappa shape index (κ2) is 4.91. The molecule has 0 saturated heterocycles. The van der Waals surface area contributed by atoms with Gasteiger partial charge in [0.1, 0.15) is 0 Å². The molecule has 0 amide bonds. The van der Waals surface area contributed by atoms with E-state index in [0.717, 1.165) is 17.5 Å². The fourth-order valence-electron chi connectivity index (χ4n) is 1.43. The van der Waals surface area contributed by atoms with Crippen molar-refractivity contribution in [3.05, 3.63) is 35.4 Å². The highest BCUT2D eigenvalue weighted by molar-refractivity contribution is 6.01. The number of Topliss-reactive ketones (excluding diaryl/α,β-unsaturated/α-hetero) is 1. The normalized spacial score (nSPS) is 12.5. The Labute approximate surface area is 85.3 Å². The van der Waals surface area contributed by atoms with Crippen LogP contribution in [0, 0.1) is 0 Å². The van der Waals surface area contributed by atoms with E-state index in [1.807, 2.05) is 31.2 Å². The molecule has 0 aliphatic heterocycles. The smallest absolute Gasteiger partial charge is 0.179 e. The molecule has 0 aliphatic rings. The Hall–Kier alpha value is -1.15. The number of nitrogens with one attached hydrogen (secondary N) is 1. The molecule has 0 spiro atoms. The molecule has 0 aliphatic carbocycles. The lowest BCUT2D eigenvalue weighted by Gasteiger charge is -2.11. The number of carbonyl (C=O) groups excluding carboxylic acids is 1. The van der Waals surface area contributed by atoms with Crippen molar-refractivity contribution in [2.24, 2.45) is 0 Å². The average molecular weight is 191 g/mol. The summed E-state index contributed by atoms with van der Waals surface area (Å²) in [6.07, 6.45) is 0.901. The van der Waals surface area contributed by atoms with Crippen LogP contribution in [0.1, 0.15) is 29.8 Å². The maximum atomic E-state index is 11.9. The zero-order valence-electron chi connectivity index (χ0n) is 9.00. The molecule has 2 heteroatoms. The van der Waals surface area contributed by atoms with Gasteiger partial charge in [0.15, 0.2) is 5.78 Å². The Morgan fingerprint density at radius 2 is 2.07 bits per heavy atom. The van der Waals surface area contributed by atoms with Crippen molar-refractivity contribution in [1.29, 1.82) is 0 Å². The van der Waals surface area contributed by atoms with Gasteiger partial charge < -0.3 is 5.32 Å². The van der Waals surface area contributed by atoms with Crippen molar-refractivity contribution in [2.75, 3.05) is 7.05 Å². The predicted octanol–water partition coefficient (Wildman–Crippen LogP) is 2.04. The average Bonchev–Trinajstić information content (AvgIpc) is 2.26. The van der Waals surface area contributed by atoms with Crippen molar-refractivity contribution in [1.82, 2.24) is 5.32 Å². The lowest BCUT2D eigenvalue weighted by atomic mass is 9.98. The van der Waals surface area contributed by atoms with Gasteiger partial charge in [-0.2, -0.15) is 0 Å². The van der Waals surface area contributed by atoms with Crippen LogP contribution in [0.3, 0.4) is 0 Å². The van der Waals surface area contributed by atoms with Crippen LogP contribution in [0.25, 0.3) is 0 Å². The number of hydrogen-bond acceptors (Lipinski definition) is 2. The van der Waals surface area contributed by atoms with Crippen LogP contribution in [0.2, 0.25) is 0 Å². The molecular weight excluding hydrogens is 174 g/mol. The first-order chi connectivity index (χ1) is 6.70. The van der Waals surface area contributed by atoms with E-state index in [2.05, 4.69) is 12.2 Å². The molecule has 2 nitrogen and oxygen atoms in total. The molecule has 1 rings (SSSR count). The molecule has 0 unspecified atom stereocenters. The summed E-state index contributed by atoms with van der Waals surface area (Å²) in [7, 11) is 1.80. The third-order valence-electron chi connectivity index (χ3n) is 2.49. The van der Waals surface area contributed by atoms with E-state index in [1.165, 1.54) is 0 Å². The minimum Gasteiger partial charge on any atom is -0.310 e. The van der Waals surface area contributed by atoms with Crippen molar-refractivity contribution in [3.63, 3.8) is 0 Å². The van der Waals surface area contributed by atoms with E-state index < -0.39 is 0 Å². The van der Waals surface area contributed by atoms with Crippen LogP contribution < -0.4 is 5.32 Å². The standard InChI is InChI=1S/C12H17NO/c1-4-10-7-5-6-8-11(10)12(14)9(2)13-3/h5-9,13H,4H2,1-3H3/t9-/m0/s1. The van der Waals surface area contributed by atoms with E-state index in [4.69, 9.17) is 0 Å². The number of ketones is 1. The molecule has 1 aromatic rings. The maximum absolute atomic E-state index is 11.9. The molecule has 0 saturated carbocycles. The Bertz CT molecular complexity index is 320. The SMILES string of the molecule is CCc1ccccc1C(=O)[C@H](C)NC. The van der Waals surface area contributed by atoms with Gasteiger partial charge in [-0.1, -0.05) is 31.2 Å². The van der Waals surface area contributed by atoms with Gasteiger partial charge >= 0.3 is 0 Å². The second-order valence-corrected chi connectivity index (χ2v) is 3.39. The Morgan fingerprint density at radius 1 is 1.43 bits per heavy atom. The predicted molar refractivity (Wildman–Crippen MR) is 58.7 cm³/mol. The number of benzene rings is 1. The first kappa shape index (κ1) is 10.9. The molecule has 0 heterocycles. The zero-order chi connectivity index (χ0) is 10.6.